The van der Waals surface area contributed by atoms with Gasteiger partial charge in [-0.05, 0) is 43.0 Å². The molecule has 1 aliphatic carbocycles. The number of hydrogen-bond donors (Lipinski definition) is 0. The van der Waals surface area contributed by atoms with Crippen molar-refractivity contribution in [3.8, 4) is 0 Å². The lowest BCUT2D eigenvalue weighted by Crippen LogP contribution is -2.16. The van der Waals surface area contributed by atoms with E-state index in [1.807, 2.05) is 26.0 Å². The largest absolute Gasteiger partial charge is 0.294 e. The van der Waals surface area contributed by atoms with E-state index in [0.717, 1.165) is 21.7 Å². The van der Waals surface area contributed by atoms with Gasteiger partial charge in [0.2, 0.25) is 0 Å². The minimum Gasteiger partial charge on any atom is -0.294 e. The first-order valence-electron chi connectivity index (χ1n) is 5.88. The quantitative estimate of drug-likeness (QED) is 0.714. The molecule has 1 fully saturated rings. The Morgan fingerprint density at radius 3 is 2.56 bits per heavy atom. The van der Waals surface area contributed by atoms with Gasteiger partial charge in [0.1, 0.15) is 0 Å². The van der Waals surface area contributed by atoms with Gasteiger partial charge in [-0.2, -0.15) is 0 Å². The molecular formula is C14H17ClO. The molecule has 2 rings (SSSR count). The summed E-state index contributed by atoms with van der Waals surface area (Å²) in [4.78, 5) is 12.1. The maximum absolute atomic E-state index is 12.1. The van der Waals surface area contributed by atoms with E-state index in [1.54, 1.807) is 0 Å². The molecule has 2 heteroatoms. The van der Waals surface area contributed by atoms with Gasteiger partial charge in [-0.1, -0.05) is 30.9 Å². The highest BCUT2D eigenvalue weighted by Gasteiger charge is 2.22. The minimum atomic E-state index is 0.280. The number of ketones is 1. The summed E-state index contributed by atoms with van der Waals surface area (Å²) in [6, 6.07) is 3.82. The second-order valence-electron chi connectivity index (χ2n) is 4.84. The average Bonchev–Trinajstić information content (AvgIpc) is 2.17. The third kappa shape index (κ3) is 2.30. The van der Waals surface area contributed by atoms with Crippen LogP contribution >= 0.6 is 11.6 Å². The normalized spacial score (nSPS) is 15.9. The van der Waals surface area contributed by atoms with Gasteiger partial charge < -0.3 is 0 Å². The van der Waals surface area contributed by atoms with E-state index in [4.69, 9.17) is 11.6 Å². The Morgan fingerprint density at radius 1 is 1.31 bits per heavy atom. The monoisotopic (exact) mass is 236 g/mol. The first-order valence-corrected chi connectivity index (χ1v) is 6.25. The average molecular weight is 237 g/mol. The molecule has 0 spiro atoms. The molecule has 16 heavy (non-hydrogen) atoms. The molecular weight excluding hydrogens is 220 g/mol. The number of Topliss-reactive ketones (excluding diaryl/α,β-unsaturated/α-hetero) is 1. The SMILES string of the molecule is Cc1cc(C(=O)CC2CCC2)c(C)cc1Cl. The molecule has 0 heterocycles. The lowest BCUT2D eigenvalue weighted by molar-refractivity contribution is 0.0936. The second-order valence-corrected chi connectivity index (χ2v) is 5.25. The van der Waals surface area contributed by atoms with Crippen molar-refractivity contribution in [3.63, 3.8) is 0 Å². The maximum Gasteiger partial charge on any atom is 0.163 e. The molecule has 86 valence electrons. The van der Waals surface area contributed by atoms with E-state index in [0.29, 0.717) is 12.3 Å². The van der Waals surface area contributed by atoms with Crippen LogP contribution in [0.25, 0.3) is 0 Å². The van der Waals surface area contributed by atoms with Gasteiger partial charge in [0, 0.05) is 17.0 Å². The fourth-order valence-corrected chi connectivity index (χ4v) is 2.37. The van der Waals surface area contributed by atoms with E-state index in [2.05, 4.69) is 0 Å². The van der Waals surface area contributed by atoms with Crippen molar-refractivity contribution in [1.82, 2.24) is 0 Å². The molecule has 0 bridgehead atoms. The minimum absolute atomic E-state index is 0.280. The summed E-state index contributed by atoms with van der Waals surface area (Å²) in [5.74, 6) is 0.907. The Labute approximate surface area is 102 Å². The number of halogens is 1. The maximum atomic E-state index is 12.1. The summed E-state index contributed by atoms with van der Waals surface area (Å²) in [7, 11) is 0. The second kappa shape index (κ2) is 4.58. The van der Waals surface area contributed by atoms with Crippen LogP contribution in [0.3, 0.4) is 0 Å². The lowest BCUT2D eigenvalue weighted by Gasteiger charge is -2.24. The molecule has 1 nitrogen and oxygen atoms in total. The molecule has 1 aromatic rings. The molecule has 1 aromatic carbocycles. The molecule has 1 saturated carbocycles. The number of carbonyl (C=O) groups excluding carboxylic acids is 1. The highest BCUT2D eigenvalue weighted by atomic mass is 35.5. The zero-order valence-electron chi connectivity index (χ0n) is 9.85. The summed E-state index contributed by atoms with van der Waals surface area (Å²) >= 11 is 6.02. The fourth-order valence-electron chi connectivity index (χ4n) is 2.15. The molecule has 0 aromatic heterocycles. The zero-order chi connectivity index (χ0) is 11.7. The molecule has 0 radical (unpaired) electrons. The Bertz CT molecular complexity index is 419. The molecule has 1 aliphatic rings. The number of carbonyl (C=O) groups is 1. The van der Waals surface area contributed by atoms with Crippen LogP contribution in [-0.4, -0.2) is 5.78 Å². The van der Waals surface area contributed by atoms with Crippen LogP contribution in [-0.2, 0) is 0 Å². The molecule has 0 aliphatic heterocycles. The standard InChI is InChI=1S/C14H17ClO/c1-9-7-13(15)10(2)6-12(9)14(16)8-11-4-3-5-11/h6-7,11H,3-5,8H2,1-2H3. The van der Waals surface area contributed by atoms with Gasteiger partial charge in [-0.3, -0.25) is 4.79 Å². The van der Waals surface area contributed by atoms with Crippen LogP contribution in [0.1, 0.15) is 47.2 Å². The molecule has 0 atom stereocenters. The Morgan fingerprint density at radius 2 is 2.00 bits per heavy atom. The topological polar surface area (TPSA) is 17.1 Å². The molecule has 0 N–H and O–H groups in total. The zero-order valence-corrected chi connectivity index (χ0v) is 10.6. The van der Waals surface area contributed by atoms with E-state index >= 15 is 0 Å². The summed E-state index contributed by atoms with van der Waals surface area (Å²) in [5.41, 5.74) is 2.85. The van der Waals surface area contributed by atoms with Crippen molar-refractivity contribution >= 4 is 17.4 Å². The van der Waals surface area contributed by atoms with Crippen LogP contribution in [0, 0.1) is 19.8 Å². The number of hydrogen-bond acceptors (Lipinski definition) is 1. The van der Waals surface area contributed by atoms with Crippen LogP contribution < -0.4 is 0 Å². The van der Waals surface area contributed by atoms with Crippen molar-refractivity contribution in [2.45, 2.75) is 39.5 Å². The van der Waals surface area contributed by atoms with Gasteiger partial charge in [-0.25, -0.2) is 0 Å². The van der Waals surface area contributed by atoms with Gasteiger partial charge in [-0.15, -0.1) is 0 Å². The van der Waals surface area contributed by atoms with E-state index < -0.39 is 0 Å². The third-order valence-corrected chi connectivity index (χ3v) is 3.91. The molecule has 0 saturated heterocycles. The van der Waals surface area contributed by atoms with E-state index in [1.165, 1.54) is 19.3 Å². The van der Waals surface area contributed by atoms with Crippen molar-refractivity contribution in [3.05, 3.63) is 33.8 Å². The van der Waals surface area contributed by atoms with Gasteiger partial charge in [0.05, 0.1) is 0 Å². The lowest BCUT2D eigenvalue weighted by atomic mass is 9.80. The van der Waals surface area contributed by atoms with Crippen molar-refractivity contribution in [1.29, 1.82) is 0 Å². The number of benzene rings is 1. The predicted molar refractivity (Wildman–Crippen MR) is 67.2 cm³/mol. The highest BCUT2D eigenvalue weighted by molar-refractivity contribution is 6.31. The Balaban J connectivity index is 2.18. The third-order valence-electron chi connectivity index (χ3n) is 3.50. The van der Waals surface area contributed by atoms with Crippen molar-refractivity contribution in [2.75, 3.05) is 0 Å². The summed E-state index contributed by atoms with van der Waals surface area (Å²) in [5, 5.41) is 0.748. The fraction of sp³-hybridized carbons (Fsp3) is 0.500. The van der Waals surface area contributed by atoms with E-state index in [9.17, 15) is 4.79 Å². The van der Waals surface area contributed by atoms with Gasteiger partial charge in [0.15, 0.2) is 5.78 Å². The number of aryl methyl sites for hydroxylation is 2. The van der Waals surface area contributed by atoms with Gasteiger partial charge >= 0.3 is 0 Å². The Hall–Kier alpha value is -0.820. The smallest absolute Gasteiger partial charge is 0.163 e. The van der Waals surface area contributed by atoms with Crippen LogP contribution in [0.4, 0.5) is 0 Å². The first kappa shape index (κ1) is 11.7. The van der Waals surface area contributed by atoms with Gasteiger partial charge in [0.25, 0.3) is 0 Å². The van der Waals surface area contributed by atoms with Crippen LogP contribution in [0.15, 0.2) is 12.1 Å². The summed E-state index contributed by atoms with van der Waals surface area (Å²) in [6.45, 7) is 3.90. The summed E-state index contributed by atoms with van der Waals surface area (Å²) < 4.78 is 0. The predicted octanol–water partition coefficient (Wildman–Crippen LogP) is 4.33. The van der Waals surface area contributed by atoms with Crippen molar-refractivity contribution in [2.24, 2.45) is 5.92 Å². The van der Waals surface area contributed by atoms with Crippen LogP contribution in [0.2, 0.25) is 5.02 Å². The molecule has 0 unspecified atom stereocenters. The number of rotatable bonds is 3. The van der Waals surface area contributed by atoms with Crippen LogP contribution in [0.5, 0.6) is 0 Å². The first-order chi connectivity index (χ1) is 7.58. The van der Waals surface area contributed by atoms with E-state index in [-0.39, 0.29) is 5.78 Å². The Kier molecular flexibility index (Phi) is 3.34. The highest BCUT2D eigenvalue weighted by Crippen LogP contribution is 2.31. The summed E-state index contributed by atoms with van der Waals surface area (Å²) in [6.07, 6.45) is 4.44. The molecule has 0 amide bonds. The van der Waals surface area contributed by atoms with Crippen molar-refractivity contribution < 1.29 is 4.79 Å².